The third kappa shape index (κ3) is 18.9. The van der Waals surface area contributed by atoms with Crippen LogP contribution < -0.4 is 5.32 Å². The zero-order valence-electron chi connectivity index (χ0n) is 28.5. The van der Waals surface area contributed by atoms with Crippen LogP contribution in [0.3, 0.4) is 0 Å². The highest BCUT2D eigenvalue weighted by Crippen LogP contribution is 2.23. The fourth-order valence-electron chi connectivity index (χ4n) is 5.93. The second kappa shape index (κ2) is 27.1. The maximum atomic E-state index is 12.9. The summed E-state index contributed by atoms with van der Waals surface area (Å²) in [7, 11) is 0. The molecule has 8 unspecified atom stereocenters. The summed E-state index contributed by atoms with van der Waals surface area (Å²) in [5, 5.41) is 64.2. The number of rotatable bonds is 29. The highest BCUT2D eigenvalue weighted by molar-refractivity contribution is 5.80. The summed E-state index contributed by atoms with van der Waals surface area (Å²) in [6, 6.07) is -0.884. The summed E-state index contributed by atoms with van der Waals surface area (Å²) in [4.78, 5) is 12.9. The van der Waals surface area contributed by atoms with Crippen molar-refractivity contribution in [2.24, 2.45) is 0 Å². The van der Waals surface area contributed by atoms with Crippen LogP contribution in [0.1, 0.15) is 155 Å². The fraction of sp³-hybridized carbons (Fsp3) is 0.971. The molecule has 268 valence electrons. The minimum absolute atomic E-state index is 0.252. The summed E-state index contributed by atoms with van der Waals surface area (Å²) in [5.41, 5.74) is 0. The summed E-state index contributed by atoms with van der Waals surface area (Å²) >= 11 is 0. The molecule has 1 aliphatic heterocycles. The van der Waals surface area contributed by atoms with Crippen molar-refractivity contribution >= 4 is 5.91 Å². The van der Waals surface area contributed by atoms with Crippen LogP contribution in [-0.4, -0.2) is 98.7 Å². The van der Waals surface area contributed by atoms with Gasteiger partial charge in [-0.25, -0.2) is 0 Å². The lowest BCUT2D eigenvalue weighted by atomic mass is 9.99. The van der Waals surface area contributed by atoms with Crippen molar-refractivity contribution in [2.45, 2.75) is 204 Å². The van der Waals surface area contributed by atoms with Gasteiger partial charge >= 0.3 is 0 Å². The number of carbonyl (C=O) groups is 1. The lowest BCUT2D eigenvalue weighted by Crippen LogP contribution is -2.60. The molecule has 0 aromatic heterocycles. The summed E-state index contributed by atoms with van der Waals surface area (Å²) in [6.07, 6.45) is 14.5. The van der Waals surface area contributed by atoms with Crippen LogP contribution in [0.15, 0.2) is 0 Å². The minimum Gasteiger partial charge on any atom is -0.394 e. The number of hydrogen-bond acceptors (Lipinski definition) is 9. The van der Waals surface area contributed by atoms with E-state index in [2.05, 4.69) is 19.2 Å². The van der Waals surface area contributed by atoms with E-state index in [-0.39, 0.29) is 6.61 Å². The highest BCUT2D eigenvalue weighted by atomic mass is 16.7. The molecular weight excluding hydrogens is 578 g/mol. The standard InChI is InChI=1S/C35H69NO9/c1-3-5-7-9-11-13-14-16-17-19-21-23-28(38)27(26-44-35-33(42)32(41)31(40)30(25-37)45-35)36-34(43)29(39)24-22-20-18-15-12-10-8-6-4-2/h27-33,35,37-42H,3-26H2,1-2H3,(H,36,43). The van der Waals surface area contributed by atoms with Crippen molar-refractivity contribution in [1.29, 1.82) is 0 Å². The Bertz CT molecular complexity index is 698. The zero-order chi connectivity index (χ0) is 33.3. The maximum absolute atomic E-state index is 12.9. The SMILES string of the molecule is CCCCCCCCCCCCCC(O)C(COC1OC(CO)C(O)C(O)C1O)NC(=O)C(O)CCCCCCCCCCC. The Kier molecular flexibility index (Phi) is 25.4. The van der Waals surface area contributed by atoms with Gasteiger partial charge < -0.3 is 45.4 Å². The highest BCUT2D eigenvalue weighted by Gasteiger charge is 2.44. The number of aliphatic hydroxyl groups excluding tert-OH is 6. The summed E-state index contributed by atoms with van der Waals surface area (Å²) < 4.78 is 11.1. The van der Waals surface area contributed by atoms with Gasteiger partial charge in [-0.2, -0.15) is 0 Å². The molecule has 1 aliphatic rings. The number of carbonyl (C=O) groups excluding carboxylic acids is 1. The minimum atomic E-state index is -1.59. The Morgan fingerprint density at radius 1 is 0.667 bits per heavy atom. The normalized spacial score (nSPS) is 24.0. The van der Waals surface area contributed by atoms with Gasteiger partial charge in [-0.3, -0.25) is 4.79 Å². The number of amides is 1. The van der Waals surface area contributed by atoms with Gasteiger partial charge in [-0.15, -0.1) is 0 Å². The van der Waals surface area contributed by atoms with Crippen LogP contribution >= 0.6 is 0 Å². The lowest BCUT2D eigenvalue weighted by molar-refractivity contribution is -0.302. The molecule has 0 radical (unpaired) electrons. The van der Waals surface area contributed by atoms with E-state index in [4.69, 9.17) is 9.47 Å². The molecule has 0 bridgehead atoms. The van der Waals surface area contributed by atoms with Gasteiger partial charge in [0.15, 0.2) is 6.29 Å². The lowest BCUT2D eigenvalue weighted by Gasteiger charge is -2.40. The molecule has 1 fully saturated rings. The molecule has 1 rings (SSSR count). The third-order valence-electron chi connectivity index (χ3n) is 9.07. The van der Waals surface area contributed by atoms with E-state index in [0.29, 0.717) is 12.8 Å². The number of unbranched alkanes of at least 4 members (excludes halogenated alkanes) is 18. The van der Waals surface area contributed by atoms with Gasteiger partial charge in [0.25, 0.3) is 0 Å². The Morgan fingerprint density at radius 3 is 1.58 bits per heavy atom. The van der Waals surface area contributed by atoms with Crippen LogP contribution in [0.5, 0.6) is 0 Å². The Morgan fingerprint density at radius 2 is 1.11 bits per heavy atom. The first-order valence-corrected chi connectivity index (χ1v) is 18.3. The Hall–Kier alpha value is -0.850. The quantitative estimate of drug-likeness (QED) is 0.0572. The second-order valence-corrected chi connectivity index (χ2v) is 13.2. The molecule has 8 atom stereocenters. The Labute approximate surface area is 273 Å². The van der Waals surface area contributed by atoms with Crippen LogP contribution in [-0.2, 0) is 14.3 Å². The number of ether oxygens (including phenoxy) is 2. The Balaban J connectivity index is 2.53. The molecular formula is C35H69NO9. The van der Waals surface area contributed by atoms with Crippen molar-refractivity contribution in [3.8, 4) is 0 Å². The van der Waals surface area contributed by atoms with Crippen molar-refractivity contribution in [2.75, 3.05) is 13.2 Å². The van der Waals surface area contributed by atoms with E-state index < -0.39 is 61.5 Å². The smallest absolute Gasteiger partial charge is 0.249 e. The molecule has 0 aromatic carbocycles. The summed E-state index contributed by atoms with van der Waals surface area (Å²) in [5.74, 6) is -0.588. The third-order valence-corrected chi connectivity index (χ3v) is 9.07. The molecule has 7 N–H and O–H groups in total. The summed E-state index contributed by atoms with van der Waals surface area (Å²) in [6.45, 7) is 3.59. The number of hydrogen-bond donors (Lipinski definition) is 7. The fourth-order valence-corrected chi connectivity index (χ4v) is 5.93. The molecule has 10 heteroatoms. The van der Waals surface area contributed by atoms with Crippen molar-refractivity contribution in [1.82, 2.24) is 5.32 Å². The van der Waals surface area contributed by atoms with Gasteiger partial charge in [0.2, 0.25) is 5.91 Å². The van der Waals surface area contributed by atoms with Gasteiger partial charge in [0.1, 0.15) is 30.5 Å². The predicted octanol–water partition coefficient (Wildman–Crippen LogP) is 4.63. The van der Waals surface area contributed by atoms with E-state index in [1.807, 2.05) is 0 Å². The topological polar surface area (TPSA) is 169 Å². The molecule has 0 aromatic rings. The van der Waals surface area contributed by atoms with Crippen molar-refractivity contribution in [3.05, 3.63) is 0 Å². The number of nitrogens with one attached hydrogen (secondary N) is 1. The van der Waals surface area contributed by atoms with E-state index in [1.165, 1.54) is 77.0 Å². The van der Waals surface area contributed by atoms with Gasteiger partial charge in [0, 0.05) is 0 Å². The molecule has 45 heavy (non-hydrogen) atoms. The van der Waals surface area contributed by atoms with Gasteiger partial charge in [-0.05, 0) is 12.8 Å². The van der Waals surface area contributed by atoms with Crippen molar-refractivity contribution in [3.63, 3.8) is 0 Å². The van der Waals surface area contributed by atoms with Crippen LogP contribution in [0, 0.1) is 0 Å². The average Bonchev–Trinajstić information content (AvgIpc) is 3.04. The first kappa shape index (κ1) is 42.2. The second-order valence-electron chi connectivity index (χ2n) is 13.2. The van der Waals surface area contributed by atoms with Crippen LogP contribution in [0.2, 0.25) is 0 Å². The maximum Gasteiger partial charge on any atom is 0.249 e. The van der Waals surface area contributed by atoms with Crippen LogP contribution in [0.25, 0.3) is 0 Å². The molecule has 1 saturated heterocycles. The average molecular weight is 648 g/mol. The first-order chi connectivity index (χ1) is 21.8. The number of aliphatic hydroxyl groups is 6. The van der Waals surface area contributed by atoms with E-state index in [9.17, 15) is 35.4 Å². The molecule has 1 amide bonds. The predicted molar refractivity (Wildman–Crippen MR) is 177 cm³/mol. The monoisotopic (exact) mass is 647 g/mol. The molecule has 0 spiro atoms. The zero-order valence-corrected chi connectivity index (χ0v) is 28.5. The van der Waals surface area contributed by atoms with Gasteiger partial charge in [-0.1, -0.05) is 142 Å². The van der Waals surface area contributed by atoms with E-state index >= 15 is 0 Å². The van der Waals surface area contributed by atoms with E-state index in [0.717, 1.165) is 51.4 Å². The van der Waals surface area contributed by atoms with Crippen molar-refractivity contribution < 1.29 is 44.9 Å². The molecule has 1 heterocycles. The largest absolute Gasteiger partial charge is 0.394 e. The molecule has 10 nitrogen and oxygen atoms in total. The van der Waals surface area contributed by atoms with Gasteiger partial charge in [0.05, 0.1) is 25.4 Å². The van der Waals surface area contributed by atoms with E-state index in [1.54, 1.807) is 0 Å². The first-order valence-electron chi connectivity index (χ1n) is 18.3. The molecule has 0 aliphatic carbocycles. The van der Waals surface area contributed by atoms with Crippen LogP contribution in [0.4, 0.5) is 0 Å². The molecule has 0 saturated carbocycles.